The minimum atomic E-state index is -0.652. The van der Waals surface area contributed by atoms with E-state index in [1.54, 1.807) is 4.90 Å². The molecule has 0 heterocycles. The number of amides is 2. The Kier molecular flexibility index (Phi) is 9.99. The maximum atomic E-state index is 13.8. The molecule has 4 rings (SSSR count). The number of nitrogens with zero attached hydrogens (tertiary/aromatic N) is 1. The Morgan fingerprint density at radius 1 is 0.974 bits per heavy atom. The van der Waals surface area contributed by atoms with Crippen molar-refractivity contribution in [2.24, 2.45) is 0 Å². The lowest BCUT2D eigenvalue weighted by molar-refractivity contribution is -0.143. The molecule has 38 heavy (non-hydrogen) atoms. The number of aryl methyl sites for hydroxylation is 2. The summed E-state index contributed by atoms with van der Waals surface area (Å²) in [6.07, 6.45) is 5.58. The molecular formula is C32H37BrN2O3. The molecule has 0 aromatic heterocycles. The van der Waals surface area contributed by atoms with Crippen LogP contribution >= 0.6 is 15.9 Å². The fourth-order valence-electron chi connectivity index (χ4n) is 4.92. The molecule has 0 bridgehead atoms. The normalized spacial score (nSPS) is 14.2. The van der Waals surface area contributed by atoms with Crippen molar-refractivity contribution >= 4 is 27.7 Å². The van der Waals surface area contributed by atoms with E-state index in [9.17, 15) is 9.59 Å². The van der Waals surface area contributed by atoms with Gasteiger partial charge in [-0.2, -0.15) is 0 Å². The predicted molar refractivity (Wildman–Crippen MR) is 155 cm³/mol. The van der Waals surface area contributed by atoms with E-state index in [0.29, 0.717) is 18.7 Å². The third kappa shape index (κ3) is 7.70. The third-order valence-corrected chi connectivity index (χ3v) is 7.82. The van der Waals surface area contributed by atoms with Gasteiger partial charge in [0.1, 0.15) is 11.8 Å². The zero-order valence-corrected chi connectivity index (χ0v) is 23.9. The first kappa shape index (κ1) is 27.9. The van der Waals surface area contributed by atoms with E-state index in [4.69, 9.17) is 4.74 Å². The summed E-state index contributed by atoms with van der Waals surface area (Å²) in [7, 11) is 0. The molecule has 1 N–H and O–H groups in total. The second-order valence-electron chi connectivity index (χ2n) is 10.1. The van der Waals surface area contributed by atoms with Crippen molar-refractivity contribution in [2.45, 2.75) is 71.0 Å². The van der Waals surface area contributed by atoms with Crippen molar-refractivity contribution in [1.82, 2.24) is 10.2 Å². The molecule has 0 aliphatic heterocycles. The van der Waals surface area contributed by atoms with Gasteiger partial charge in [-0.15, -0.1) is 0 Å². The first-order chi connectivity index (χ1) is 18.4. The molecule has 3 aromatic carbocycles. The van der Waals surface area contributed by atoms with E-state index in [0.717, 1.165) is 53.3 Å². The quantitative estimate of drug-likeness (QED) is 0.287. The topological polar surface area (TPSA) is 58.6 Å². The monoisotopic (exact) mass is 576 g/mol. The van der Waals surface area contributed by atoms with Crippen LogP contribution in [-0.2, 0) is 29.0 Å². The number of hydrogen-bond acceptors (Lipinski definition) is 3. The summed E-state index contributed by atoms with van der Waals surface area (Å²) in [4.78, 5) is 29.2. The Morgan fingerprint density at radius 3 is 2.32 bits per heavy atom. The van der Waals surface area contributed by atoms with Gasteiger partial charge in [0, 0.05) is 19.0 Å². The van der Waals surface area contributed by atoms with Crippen LogP contribution in [-0.4, -0.2) is 35.4 Å². The highest BCUT2D eigenvalue weighted by atomic mass is 79.9. The molecule has 6 heteroatoms. The number of benzene rings is 3. The van der Waals surface area contributed by atoms with Crippen LogP contribution in [0, 0.1) is 6.92 Å². The summed E-state index contributed by atoms with van der Waals surface area (Å²) >= 11 is 3.57. The van der Waals surface area contributed by atoms with E-state index in [-0.39, 0.29) is 24.5 Å². The molecule has 0 unspecified atom stereocenters. The summed E-state index contributed by atoms with van der Waals surface area (Å²) < 4.78 is 6.79. The summed E-state index contributed by atoms with van der Waals surface area (Å²) in [5.74, 6) is 0.287. The summed E-state index contributed by atoms with van der Waals surface area (Å²) in [5.41, 5.74) is 4.32. The Bertz CT molecular complexity index is 1210. The molecule has 1 aliphatic carbocycles. The summed E-state index contributed by atoms with van der Waals surface area (Å²) in [6, 6.07) is 23.4. The third-order valence-electron chi connectivity index (χ3n) is 7.20. The highest BCUT2D eigenvalue weighted by molar-refractivity contribution is 9.10. The van der Waals surface area contributed by atoms with Gasteiger partial charge in [-0.25, -0.2) is 0 Å². The molecular weight excluding hydrogens is 540 g/mol. The van der Waals surface area contributed by atoms with Gasteiger partial charge in [-0.3, -0.25) is 9.59 Å². The smallest absolute Gasteiger partial charge is 0.261 e. The van der Waals surface area contributed by atoms with Crippen molar-refractivity contribution < 1.29 is 14.3 Å². The Hall–Kier alpha value is -3.12. The van der Waals surface area contributed by atoms with Gasteiger partial charge in [0.2, 0.25) is 5.91 Å². The van der Waals surface area contributed by atoms with Crippen molar-refractivity contribution in [2.75, 3.05) is 6.61 Å². The molecule has 0 spiro atoms. The largest absolute Gasteiger partial charge is 0.483 e. The Morgan fingerprint density at radius 2 is 1.66 bits per heavy atom. The minimum absolute atomic E-state index is 0.102. The van der Waals surface area contributed by atoms with Gasteiger partial charge in [-0.05, 0) is 70.9 Å². The van der Waals surface area contributed by atoms with Crippen LogP contribution in [0.4, 0.5) is 0 Å². The second kappa shape index (κ2) is 13.6. The fraction of sp³-hybridized carbons (Fsp3) is 0.375. The molecule has 5 nitrogen and oxygen atoms in total. The van der Waals surface area contributed by atoms with Crippen LogP contribution in [0.15, 0.2) is 77.3 Å². The summed E-state index contributed by atoms with van der Waals surface area (Å²) in [5, 5.41) is 3.24. The number of nitrogens with one attached hydrogen (secondary N) is 1. The minimum Gasteiger partial charge on any atom is -0.483 e. The van der Waals surface area contributed by atoms with Gasteiger partial charge in [-0.1, -0.05) is 86.0 Å². The molecule has 0 radical (unpaired) electrons. The van der Waals surface area contributed by atoms with Gasteiger partial charge in [0.15, 0.2) is 6.61 Å². The van der Waals surface area contributed by atoms with E-state index in [2.05, 4.69) is 28.2 Å². The number of halogens is 1. The lowest BCUT2D eigenvalue weighted by atomic mass is 10.0. The van der Waals surface area contributed by atoms with Crippen LogP contribution in [0.25, 0.3) is 0 Å². The van der Waals surface area contributed by atoms with Crippen molar-refractivity contribution in [3.63, 3.8) is 0 Å². The van der Waals surface area contributed by atoms with Gasteiger partial charge in [0.05, 0.1) is 4.47 Å². The standard InChI is InChI=1S/C32H37BrN2O3/c1-3-24-17-18-30(28(33)19-24)38-22-31(36)35(21-26-15-13-23(2)14-16-26)29(20-25-9-5-4-6-10-25)32(37)34-27-11-7-8-12-27/h4-6,9-10,13-19,27,29H,3,7-8,11-12,20-22H2,1-2H3,(H,34,37)/t29-/m0/s1. The second-order valence-corrected chi connectivity index (χ2v) is 11.0. The Labute approximate surface area is 234 Å². The van der Waals surface area contributed by atoms with Crippen molar-refractivity contribution in [3.8, 4) is 5.75 Å². The van der Waals surface area contributed by atoms with E-state index in [1.165, 1.54) is 5.56 Å². The van der Waals surface area contributed by atoms with Crippen LogP contribution in [0.2, 0.25) is 0 Å². The Balaban J connectivity index is 1.60. The molecule has 0 saturated heterocycles. The first-order valence-corrected chi connectivity index (χ1v) is 14.3. The highest BCUT2D eigenvalue weighted by Crippen LogP contribution is 2.27. The lowest BCUT2D eigenvalue weighted by Crippen LogP contribution is -2.53. The predicted octanol–water partition coefficient (Wildman–Crippen LogP) is 6.40. The number of carbonyl (C=O) groups is 2. The summed E-state index contributed by atoms with van der Waals surface area (Å²) in [6.45, 7) is 4.31. The van der Waals surface area contributed by atoms with E-state index in [1.807, 2.05) is 79.7 Å². The first-order valence-electron chi connectivity index (χ1n) is 13.5. The number of ether oxygens (including phenoxy) is 1. The van der Waals surface area contributed by atoms with Crippen LogP contribution in [0.1, 0.15) is 54.9 Å². The number of rotatable bonds is 11. The molecule has 3 aromatic rings. The van der Waals surface area contributed by atoms with Crippen LogP contribution < -0.4 is 10.1 Å². The van der Waals surface area contributed by atoms with E-state index >= 15 is 0 Å². The number of carbonyl (C=O) groups excluding carboxylic acids is 2. The molecule has 1 saturated carbocycles. The van der Waals surface area contributed by atoms with Crippen LogP contribution in [0.3, 0.4) is 0 Å². The fourth-order valence-corrected chi connectivity index (χ4v) is 5.46. The molecule has 2 amide bonds. The van der Waals surface area contributed by atoms with Gasteiger partial charge in [0.25, 0.3) is 5.91 Å². The van der Waals surface area contributed by atoms with E-state index < -0.39 is 6.04 Å². The zero-order chi connectivity index (χ0) is 26.9. The van der Waals surface area contributed by atoms with Crippen molar-refractivity contribution in [3.05, 3.63) is 99.5 Å². The van der Waals surface area contributed by atoms with Crippen LogP contribution in [0.5, 0.6) is 5.75 Å². The SMILES string of the molecule is CCc1ccc(OCC(=O)N(Cc2ccc(C)cc2)[C@@H](Cc2ccccc2)C(=O)NC2CCCC2)c(Br)c1. The maximum Gasteiger partial charge on any atom is 0.261 e. The lowest BCUT2D eigenvalue weighted by Gasteiger charge is -2.32. The number of hydrogen-bond donors (Lipinski definition) is 1. The molecule has 200 valence electrons. The maximum absolute atomic E-state index is 13.8. The highest BCUT2D eigenvalue weighted by Gasteiger charge is 2.32. The van der Waals surface area contributed by atoms with Gasteiger partial charge >= 0.3 is 0 Å². The average Bonchev–Trinajstić information content (AvgIpc) is 3.44. The zero-order valence-electron chi connectivity index (χ0n) is 22.3. The molecule has 1 fully saturated rings. The molecule has 1 aliphatic rings. The average molecular weight is 578 g/mol. The van der Waals surface area contributed by atoms with Crippen molar-refractivity contribution in [1.29, 1.82) is 0 Å². The van der Waals surface area contributed by atoms with Gasteiger partial charge < -0.3 is 15.0 Å². The molecule has 1 atom stereocenters.